The number of rotatable bonds is 5. The van der Waals surface area contributed by atoms with E-state index in [2.05, 4.69) is 12.2 Å². The minimum absolute atomic E-state index is 0.268. The highest BCUT2D eigenvalue weighted by atomic mass is 19.1. The fraction of sp³-hybridized carbons (Fsp3) is 0.500. The van der Waals surface area contributed by atoms with E-state index in [-0.39, 0.29) is 11.4 Å². The molecule has 0 aliphatic heterocycles. The summed E-state index contributed by atoms with van der Waals surface area (Å²) in [6, 6.07) is 6.24. The van der Waals surface area contributed by atoms with Crippen LogP contribution in [0, 0.1) is 5.82 Å². The van der Waals surface area contributed by atoms with Gasteiger partial charge in [-0.05, 0) is 32.5 Å². The van der Waals surface area contributed by atoms with Crippen LogP contribution >= 0.6 is 0 Å². The average Bonchev–Trinajstić information content (AvgIpc) is 2.18. The molecule has 0 amide bonds. The zero-order valence-electron chi connectivity index (χ0n) is 9.51. The fourth-order valence-electron chi connectivity index (χ4n) is 1.42. The van der Waals surface area contributed by atoms with Crippen LogP contribution in [0.1, 0.15) is 20.3 Å². The summed E-state index contributed by atoms with van der Waals surface area (Å²) in [5.41, 5.74) is -0.289. The Bertz CT molecular complexity index is 316. The van der Waals surface area contributed by atoms with E-state index < -0.39 is 0 Å². The highest BCUT2D eigenvalue weighted by Gasteiger charge is 2.23. The molecule has 0 aromatic heterocycles. The van der Waals surface area contributed by atoms with Crippen molar-refractivity contribution in [1.29, 1.82) is 0 Å². The van der Waals surface area contributed by atoms with Gasteiger partial charge in [-0.1, -0.05) is 13.0 Å². The van der Waals surface area contributed by atoms with Crippen molar-refractivity contribution in [3.05, 3.63) is 30.1 Å². The largest absolute Gasteiger partial charge is 0.486 e. The average molecular weight is 211 g/mol. The van der Waals surface area contributed by atoms with Crippen molar-refractivity contribution in [2.75, 3.05) is 13.6 Å². The maximum absolute atomic E-state index is 12.9. The van der Waals surface area contributed by atoms with E-state index in [9.17, 15) is 4.39 Å². The standard InChI is InChI=1S/C12H18FNO/c1-4-12(2,9-14-3)15-11-7-5-6-10(13)8-11/h5-8,14H,4,9H2,1-3H3. The third-order valence-corrected chi connectivity index (χ3v) is 2.46. The molecule has 1 aromatic carbocycles. The molecular weight excluding hydrogens is 193 g/mol. The van der Waals surface area contributed by atoms with Gasteiger partial charge < -0.3 is 10.1 Å². The Kier molecular flexibility index (Phi) is 4.09. The third-order valence-electron chi connectivity index (χ3n) is 2.46. The van der Waals surface area contributed by atoms with E-state index in [0.717, 1.165) is 13.0 Å². The van der Waals surface area contributed by atoms with Crippen LogP contribution in [0.3, 0.4) is 0 Å². The van der Waals surface area contributed by atoms with Crippen LogP contribution in [-0.4, -0.2) is 19.2 Å². The predicted molar refractivity (Wildman–Crippen MR) is 59.7 cm³/mol. The first kappa shape index (κ1) is 12.0. The Morgan fingerprint density at radius 2 is 2.20 bits per heavy atom. The van der Waals surface area contributed by atoms with Gasteiger partial charge in [-0.3, -0.25) is 0 Å². The quantitative estimate of drug-likeness (QED) is 0.808. The van der Waals surface area contributed by atoms with Crippen molar-refractivity contribution >= 4 is 0 Å². The molecule has 1 rings (SSSR count). The van der Waals surface area contributed by atoms with E-state index in [0.29, 0.717) is 5.75 Å². The smallest absolute Gasteiger partial charge is 0.126 e. The van der Waals surface area contributed by atoms with Crippen LogP contribution in [0.25, 0.3) is 0 Å². The lowest BCUT2D eigenvalue weighted by Gasteiger charge is -2.29. The first-order valence-corrected chi connectivity index (χ1v) is 5.19. The monoisotopic (exact) mass is 211 g/mol. The van der Waals surface area contributed by atoms with Crippen LogP contribution in [0.4, 0.5) is 4.39 Å². The summed E-state index contributed by atoms with van der Waals surface area (Å²) in [4.78, 5) is 0. The minimum atomic E-state index is -0.289. The summed E-state index contributed by atoms with van der Waals surface area (Å²) < 4.78 is 18.7. The fourth-order valence-corrected chi connectivity index (χ4v) is 1.42. The lowest BCUT2D eigenvalue weighted by molar-refractivity contribution is 0.0854. The number of nitrogens with one attached hydrogen (secondary N) is 1. The van der Waals surface area contributed by atoms with Crippen molar-refractivity contribution in [3.63, 3.8) is 0 Å². The molecule has 0 aliphatic carbocycles. The molecule has 0 heterocycles. The molecule has 0 aliphatic rings. The van der Waals surface area contributed by atoms with E-state index in [4.69, 9.17) is 4.74 Å². The molecule has 0 radical (unpaired) electrons. The molecule has 0 saturated heterocycles. The maximum Gasteiger partial charge on any atom is 0.126 e. The van der Waals surface area contributed by atoms with Gasteiger partial charge in [0.25, 0.3) is 0 Å². The van der Waals surface area contributed by atoms with Gasteiger partial charge in [-0.2, -0.15) is 0 Å². The summed E-state index contributed by atoms with van der Waals surface area (Å²) in [5, 5.41) is 3.08. The molecule has 1 atom stereocenters. The highest BCUT2D eigenvalue weighted by Crippen LogP contribution is 2.21. The normalized spacial score (nSPS) is 14.7. The summed E-state index contributed by atoms with van der Waals surface area (Å²) in [6.45, 7) is 4.80. The van der Waals surface area contributed by atoms with E-state index in [1.807, 2.05) is 14.0 Å². The number of hydrogen-bond acceptors (Lipinski definition) is 2. The SMILES string of the molecule is CCC(C)(CNC)Oc1cccc(F)c1. The summed E-state index contributed by atoms with van der Waals surface area (Å²) in [7, 11) is 1.88. The molecule has 0 fully saturated rings. The molecule has 1 aromatic rings. The van der Waals surface area contributed by atoms with Gasteiger partial charge in [0.15, 0.2) is 0 Å². The molecular formula is C12H18FNO. The molecule has 0 saturated carbocycles. The van der Waals surface area contributed by atoms with E-state index in [1.165, 1.54) is 12.1 Å². The number of likely N-dealkylation sites (N-methyl/N-ethyl adjacent to an activating group) is 1. The van der Waals surface area contributed by atoms with E-state index >= 15 is 0 Å². The van der Waals surface area contributed by atoms with Crippen molar-refractivity contribution in [1.82, 2.24) is 5.32 Å². The molecule has 3 heteroatoms. The minimum Gasteiger partial charge on any atom is -0.486 e. The first-order valence-electron chi connectivity index (χ1n) is 5.19. The molecule has 0 bridgehead atoms. The van der Waals surface area contributed by atoms with Gasteiger partial charge in [0, 0.05) is 12.6 Å². The second-order valence-electron chi connectivity index (χ2n) is 3.89. The third kappa shape index (κ3) is 3.51. The van der Waals surface area contributed by atoms with Crippen molar-refractivity contribution in [2.45, 2.75) is 25.9 Å². The lowest BCUT2D eigenvalue weighted by Crippen LogP contribution is -2.41. The second-order valence-corrected chi connectivity index (χ2v) is 3.89. The molecule has 84 valence electrons. The Labute approximate surface area is 90.4 Å². The van der Waals surface area contributed by atoms with Crippen molar-refractivity contribution in [3.8, 4) is 5.75 Å². The lowest BCUT2D eigenvalue weighted by atomic mass is 10.0. The molecule has 2 nitrogen and oxygen atoms in total. The maximum atomic E-state index is 12.9. The van der Waals surface area contributed by atoms with Gasteiger partial charge in [0.2, 0.25) is 0 Å². The summed E-state index contributed by atoms with van der Waals surface area (Å²) in [5.74, 6) is 0.310. The Morgan fingerprint density at radius 1 is 1.47 bits per heavy atom. The van der Waals surface area contributed by atoms with Gasteiger partial charge in [0.05, 0.1) is 0 Å². The molecule has 1 N–H and O–H groups in total. The van der Waals surface area contributed by atoms with E-state index in [1.54, 1.807) is 12.1 Å². The first-order chi connectivity index (χ1) is 7.09. The second kappa shape index (κ2) is 5.12. The number of halogens is 1. The Hall–Kier alpha value is -1.09. The number of ether oxygens (including phenoxy) is 1. The van der Waals surface area contributed by atoms with Crippen molar-refractivity contribution in [2.24, 2.45) is 0 Å². The molecule has 1 unspecified atom stereocenters. The van der Waals surface area contributed by atoms with Crippen LogP contribution in [-0.2, 0) is 0 Å². The van der Waals surface area contributed by atoms with Crippen LogP contribution < -0.4 is 10.1 Å². The van der Waals surface area contributed by atoms with Gasteiger partial charge in [-0.25, -0.2) is 4.39 Å². The molecule has 0 spiro atoms. The number of hydrogen-bond donors (Lipinski definition) is 1. The predicted octanol–water partition coefficient (Wildman–Crippen LogP) is 2.59. The van der Waals surface area contributed by atoms with Crippen LogP contribution in [0.2, 0.25) is 0 Å². The number of benzene rings is 1. The molecule has 15 heavy (non-hydrogen) atoms. The Morgan fingerprint density at radius 3 is 2.73 bits per heavy atom. The van der Waals surface area contributed by atoms with Gasteiger partial charge in [-0.15, -0.1) is 0 Å². The Balaban J connectivity index is 2.74. The topological polar surface area (TPSA) is 21.3 Å². The summed E-state index contributed by atoms with van der Waals surface area (Å²) in [6.07, 6.45) is 0.865. The van der Waals surface area contributed by atoms with Crippen LogP contribution in [0.15, 0.2) is 24.3 Å². The van der Waals surface area contributed by atoms with Gasteiger partial charge >= 0.3 is 0 Å². The highest BCUT2D eigenvalue weighted by molar-refractivity contribution is 5.23. The zero-order valence-corrected chi connectivity index (χ0v) is 9.51. The van der Waals surface area contributed by atoms with Crippen LogP contribution in [0.5, 0.6) is 5.75 Å². The summed E-state index contributed by atoms with van der Waals surface area (Å²) >= 11 is 0. The van der Waals surface area contributed by atoms with Gasteiger partial charge in [0.1, 0.15) is 17.2 Å². The van der Waals surface area contributed by atoms with Crippen molar-refractivity contribution < 1.29 is 9.13 Å². The zero-order chi connectivity index (χ0) is 11.3.